The second-order valence-electron chi connectivity index (χ2n) is 6.01. The molecule has 3 heterocycles. The SMILES string of the molecule is CC(C)(C)Nc1cnc2ccc(-c3cccnc3Cl)cn12. The van der Waals surface area contributed by atoms with Gasteiger partial charge in [0.1, 0.15) is 16.6 Å². The lowest BCUT2D eigenvalue weighted by atomic mass is 10.1. The van der Waals surface area contributed by atoms with Crippen LogP contribution >= 0.6 is 11.6 Å². The highest BCUT2D eigenvalue weighted by Crippen LogP contribution is 2.27. The minimum Gasteiger partial charge on any atom is -0.365 e. The van der Waals surface area contributed by atoms with E-state index in [9.17, 15) is 0 Å². The van der Waals surface area contributed by atoms with Gasteiger partial charge in [-0.15, -0.1) is 0 Å². The number of anilines is 1. The molecule has 0 spiro atoms. The van der Waals surface area contributed by atoms with Crippen LogP contribution < -0.4 is 5.32 Å². The van der Waals surface area contributed by atoms with E-state index >= 15 is 0 Å². The molecular weight excluding hydrogens is 284 g/mol. The van der Waals surface area contributed by atoms with Crippen molar-refractivity contribution in [1.82, 2.24) is 14.4 Å². The van der Waals surface area contributed by atoms with Crippen LogP contribution in [0.5, 0.6) is 0 Å². The lowest BCUT2D eigenvalue weighted by Gasteiger charge is -2.21. The minimum absolute atomic E-state index is 0.0298. The molecule has 3 rings (SSSR count). The molecule has 5 heteroatoms. The highest BCUT2D eigenvalue weighted by Gasteiger charge is 2.13. The molecule has 0 amide bonds. The van der Waals surface area contributed by atoms with Crippen LogP contribution in [-0.4, -0.2) is 19.9 Å². The van der Waals surface area contributed by atoms with Crippen molar-refractivity contribution < 1.29 is 0 Å². The summed E-state index contributed by atoms with van der Waals surface area (Å²) in [4.78, 5) is 8.54. The van der Waals surface area contributed by atoms with Gasteiger partial charge < -0.3 is 5.32 Å². The average Bonchev–Trinajstić information content (AvgIpc) is 2.80. The first kappa shape index (κ1) is 13.9. The van der Waals surface area contributed by atoms with Gasteiger partial charge in [0.25, 0.3) is 0 Å². The number of imidazole rings is 1. The Morgan fingerprint density at radius 3 is 2.67 bits per heavy atom. The highest BCUT2D eigenvalue weighted by molar-refractivity contribution is 6.32. The average molecular weight is 301 g/mol. The molecule has 3 aromatic heterocycles. The standard InChI is InChI=1S/C16H17ClN4/c1-16(2,3)20-14-9-19-13-7-6-11(10-21(13)14)12-5-4-8-18-15(12)17/h4-10,20H,1-3H3. The summed E-state index contributed by atoms with van der Waals surface area (Å²) in [7, 11) is 0. The molecule has 0 aliphatic rings. The summed E-state index contributed by atoms with van der Waals surface area (Å²) in [5.74, 6) is 0.958. The summed E-state index contributed by atoms with van der Waals surface area (Å²) in [6.45, 7) is 6.36. The normalized spacial score (nSPS) is 11.8. The summed E-state index contributed by atoms with van der Waals surface area (Å²) in [5.41, 5.74) is 2.79. The van der Waals surface area contributed by atoms with Crippen molar-refractivity contribution in [2.45, 2.75) is 26.3 Å². The molecule has 0 unspecified atom stereocenters. The van der Waals surface area contributed by atoms with E-state index in [2.05, 4.69) is 36.1 Å². The maximum Gasteiger partial charge on any atom is 0.138 e. The van der Waals surface area contributed by atoms with Gasteiger partial charge in [-0.3, -0.25) is 4.40 Å². The molecule has 0 fully saturated rings. The smallest absolute Gasteiger partial charge is 0.138 e. The van der Waals surface area contributed by atoms with Crippen LogP contribution in [0.3, 0.4) is 0 Å². The van der Waals surface area contributed by atoms with Gasteiger partial charge in [-0.25, -0.2) is 9.97 Å². The summed E-state index contributed by atoms with van der Waals surface area (Å²) in [6, 6.07) is 7.83. The van der Waals surface area contributed by atoms with E-state index in [1.165, 1.54) is 0 Å². The number of nitrogens with one attached hydrogen (secondary N) is 1. The van der Waals surface area contributed by atoms with Gasteiger partial charge >= 0.3 is 0 Å². The fourth-order valence-electron chi connectivity index (χ4n) is 2.22. The Kier molecular flexibility index (Phi) is 3.33. The van der Waals surface area contributed by atoms with Crippen LogP contribution in [0.25, 0.3) is 16.8 Å². The molecule has 0 aromatic carbocycles. The fraction of sp³-hybridized carbons (Fsp3) is 0.250. The largest absolute Gasteiger partial charge is 0.365 e. The first-order valence-corrected chi connectivity index (χ1v) is 7.18. The van der Waals surface area contributed by atoms with Crippen molar-refractivity contribution in [2.24, 2.45) is 0 Å². The first-order chi connectivity index (χ1) is 9.94. The van der Waals surface area contributed by atoms with Crippen LogP contribution in [0.15, 0.2) is 42.9 Å². The van der Waals surface area contributed by atoms with Gasteiger partial charge in [-0.1, -0.05) is 11.6 Å². The zero-order valence-corrected chi connectivity index (χ0v) is 13.0. The number of pyridine rings is 2. The molecule has 0 saturated heterocycles. The van der Waals surface area contributed by atoms with E-state index in [1.807, 2.05) is 41.1 Å². The second-order valence-corrected chi connectivity index (χ2v) is 6.36. The number of fused-ring (bicyclic) bond motifs is 1. The quantitative estimate of drug-likeness (QED) is 0.719. The lowest BCUT2D eigenvalue weighted by molar-refractivity contribution is 0.629. The van der Waals surface area contributed by atoms with Crippen molar-refractivity contribution in [1.29, 1.82) is 0 Å². The second kappa shape index (κ2) is 5.04. The maximum absolute atomic E-state index is 6.18. The number of aromatic nitrogens is 3. The molecule has 0 atom stereocenters. The van der Waals surface area contributed by atoms with E-state index < -0.39 is 0 Å². The van der Waals surface area contributed by atoms with E-state index in [1.54, 1.807) is 6.20 Å². The van der Waals surface area contributed by atoms with E-state index in [0.29, 0.717) is 5.15 Å². The Hall–Kier alpha value is -2.07. The molecule has 1 N–H and O–H groups in total. The summed E-state index contributed by atoms with van der Waals surface area (Å²) >= 11 is 6.18. The van der Waals surface area contributed by atoms with Crippen molar-refractivity contribution in [3.05, 3.63) is 48.0 Å². The number of halogens is 1. The Morgan fingerprint density at radius 2 is 1.95 bits per heavy atom. The third-order valence-electron chi connectivity index (χ3n) is 3.08. The maximum atomic E-state index is 6.18. The van der Waals surface area contributed by atoms with Crippen LogP contribution in [0, 0.1) is 0 Å². The predicted octanol–water partition coefficient (Wildman–Crippen LogP) is 4.26. The van der Waals surface area contributed by atoms with Gasteiger partial charge in [0.15, 0.2) is 0 Å². The summed E-state index contributed by atoms with van der Waals surface area (Å²) in [5, 5.41) is 3.95. The van der Waals surface area contributed by atoms with E-state index in [-0.39, 0.29) is 5.54 Å². The number of hydrogen-bond donors (Lipinski definition) is 1. The Bertz CT molecular complexity index is 786. The van der Waals surface area contributed by atoms with Gasteiger partial charge in [0.05, 0.1) is 6.20 Å². The zero-order chi connectivity index (χ0) is 15.0. The number of nitrogens with zero attached hydrogens (tertiary/aromatic N) is 3. The van der Waals surface area contributed by atoms with Gasteiger partial charge in [0, 0.05) is 29.1 Å². The number of hydrogen-bond acceptors (Lipinski definition) is 3. The predicted molar refractivity (Wildman–Crippen MR) is 86.8 cm³/mol. The third kappa shape index (κ3) is 2.85. The molecule has 0 aliphatic heterocycles. The number of rotatable bonds is 2. The molecule has 0 bridgehead atoms. The molecular formula is C16H17ClN4. The summed E-state index contributed by atoms with van der Waals surface area (Å²) in [6.07, 6.45) is 5.56. The molecule has 0 saturated carbocycles. The Morgan fingerprint density at radius 1 is 1.14 bits per heavy atom. The van der Waals surface area contributed by atoms with Crippen LogP contribution in [-0.2, 0) is 0 Å². The van der Waals surface area contributed by atoms with Gasteiger partial charge in [-0.05, 0) is 45.0 Å². The van der Waals surface area contributed by atoms with Crippen LogP contribution in [0.2, 0.25) is 5.15 Å². The minimum atomic E-state index is -0.0298. The van der Waals surface area contributed by atoms with Crippen molar-refractivity contribution >= 4 is 23.1 Å². The van der Waals surface area contributed by atoms with Crippen molar-refractivity contribution in [3.63, 3.8) is 0 Å². The Balaban J connectivity index is 2.11. The zero-order valence-electron chi connectivity index (χ0n) is 12.3. The monoisotopic (exact) mass is 300 g/mol. The molecule has 0 aliphatic carbocycles. The van der Waals surface area contributed by atoms with Crippen molar-refractivity contribution in [3.8, 4) is 11.1 Å². The fourth-order valence-corrected chi connectivity index (χ4v) is 2.45. The van der Waals surface area contributed by atoms with Crippen LogP contribution in [0.1, 0.15) is 20.8 Å². The third-order valence-corrected chi connectivity index (χ3v) is 3.38. The molecule has 108 valence electrons. The highest BCUT2D eigenvalue weighted by atomic mass is 35.5. The molecule has 3 aromatic rings. The lowest BCUT2D eigenvalue weighted by Crippen LogP contribution is -2.26. The topological polar surface area (TPSA) is 42.2 Å². The van der Waals surface area contributed by atoms with E-state index in [0.717, 1.165) is 22.6 Å². The van der Waals surface area contributed by atoms with Gasteiger partial charge in [0.2, 0.25) is 0 Å². The molecule has 21 heavy (non-hydrogen) atoms. The summed E-state index contributed by atoms with van der Waals surface area (Å²) < 4.78 is 2.03. The molecule has 4 nitrogen and oxygen atoms in total. The van der Waals surface area contributed by atoms with Crippen LogP contribution in [0.4, 0.5) is 5.82 Å². The Labute approximate surface area is 128 Å². The van der Waals surface area contributed by atoms with Crippen molar-refractivity contribution in [2.75, 3.05) is 5.32 Å². The van der Waals surface area contributed by atoms with E-state index in [4.69, 9.17) is 11.6 Å². The molecule has 0 radical (unpaired) electrons. The first-order valence-electron chi connectivity index (χ1n) is 6.80. The van der Waals surface area contributed by atoms with Gasteiger partial charge in [-0.2, -0.15) is 0 Å².